The highest BCUT2D eigenvalue weighted by Crippen LogP contribution is 2.12. The maximum absolute atomic E-state index is 5.50. The third kappa shape index (κ3) is 3.38. The molecule has 0 N–H and O–H groups in total. The van der Waals surface area contributed by atoms with E-state index in [4.69, 9.17) is 16.4 Å². The minimum Gasteiger partial charge on any atom is -0.491 e. The summed E-state index contributed by atoms with van der Waals surface area (Å²) in [5.41, 5.74) is 1.22. The molecule has 0 aliphatic carbocycles. The van der Waals surface area contributed by atoms with E-state index in [-0.39, 0.29) is 6.10 Å². The topological polar surface area (TPSA) is 18.5 Å². The highest BCUT2D eigenvalue weighted by Gasteiger charge is 2.04. The van der Waals surface area contributed by atoms with Crippen LogP contribution in [0.1, 0.15) is 12.0 Å². The molecule has 0 aliphatic heterocycles. The van der Waals surface area contributed by atoms with E-state index in [1.165, 1.54) is 5.56 Å². The Morgan fingerprint density at radius 2 is 1.93 bits per heavy atom. The number of rotatable bonds is 5. The summed E-state index contributed by atoms with van der Waals surface area (Å²) in [6.45, 7) is 8.01. The highest BCUT2D eigenvalue weighted by atomic mass is 16.5. The van der Waals surface area contributed by atoms with Crippen molar-refractivity contribution in [3.63, 3.8) is 0 Å². The van der Waals surface area contributed by atoms with Crippen molar-refractivity contribution in [1.82, 2.24) is 0 Å². The lowest BCUT2D eigenvalue weighted by atomic mass is 10.2. The molecular formula is C12H16O2. The number of benzene rings is 1. The third-order valence-corrected chi connectivity index (χ3v) is 2.05. The van der Waals surface area contributed by atoms with Crippen molar-refractivity contribution in [3.8, 4) is 5.75 Å². The SMILES string of the molecule is [CH]CC(COc1ccc(C)cc1)OC. The smallest absolute Gasteiger partial charge is 0.119 e. The molecule has 1 aromatic carbocycles. The van der Waals surface area contributed by atoms with E-state index in [0.29, 0.717) is 13.0 Å². The molecule has 0 aliphatic rings. The molecule has 2 radical (unpaired) electrons. The Balaban J connectivity index is 2.41. The Morgan fingerprint density at radius 3 is 2.43 bits per heavy atom. The van der Waals surface area contributed by atoms with E-state index in [1.807, 2.05) is 31.2 Å². The van der Waals surface area contributed by atoms with Crippen LogP contribution < -0.4 is 4.74 Å². The minimum atomic E-state index is -0.0312. The van der Waals surface area contributed by atoms with E-state index in [0.717, 1.165) is 5.75 Å². The van der Waals surface area contributed by atoms with Gasteiger partial charge in [0.15, 0.2) is 0 Å². The fourth-order valence-corrected chi connectivity index (χ4v) is 1.06. The Labute approximate surface area is 85.8 Å². The average molecular weight is 192 g/mol. The molecule has 0 aromatic heterocycles. The quantitative estimate of drug-likeness (QED) is 0.713. The van der Waals surface area contributed by atoms with Crippen molar-refractivity contribution < 1.29 is 9.47 Å². The van der Waals surface area contributed by atoms with Gasteiger partial charge in [-0.15, -0.1) is 0 Å². The lowest BCUT2D eigenvalue weighted by molar-refractivity contribution is 0.0599. The maximum Gasteiger partial charge on any atom is 0.119 e. The van der Waals surface area contributed by atoms with Gasteiger partial charge in [-0.25, -0.2) is 0 Å². The average Bonchev–Trinajstić information content (AvgIpc) is 2.22. The minimum absolute atomic E-state index is 0.0312. The van der Waals surface area contributed by atoms with Crippen molar-refractivity contribution in [1.29, 1.82) is 0 Å². The molecule has 0 saturated heterocycles. The van der Waals surface area contributed by atoms with Gasteiger partial charge in [-0.2, -0.15) is 0 Å². The van der Waals surface area contributed by atoms with Crippen LogP contribution in [0.2, 0.25) is 0 Å². The van der Waals surface area contributed by atoms with Gasteiger partial charge in [0.2, 0.25) is 0 Å². The lowest BCUT2D eigenvalue weighted by Gasteiger charge is -2.13. The maximum atomic E-state index is 5.50. The largest absolute Gasteiger partial charge is 0.491 e. The number of ether oxygens (including phenoxy) is 2. The Hall–Kier alpha value is -1.02. The van der Waals surface area contributed by atoms with Crippen molar-refractivity contribution in [3.05, 3.63) is 36.8 Å². The van der Waals surface area contributed by atoms with Crippen LogP contribution in [0.3, 0.4) is 0 Å². The second-order valence-corrected chi connectivity index (χ2v) is 3.22. The third-order valence-electron chi connectivity index (χ3n) is 2.05. The second kappa shape index (κ2) is 5.66. The number of hydrogen-bond acceptors (Lipinski definition) is 2. The second-order valence-electron chi connectivity index (χ2n) is 3.22. The van der Waals surface area contributed by atoms with E-state index in [2.05, 4.69) is 0 Å². The summed E-state index contributed by atoms with van der Waals surface area (Å²) >= 11 is 0. The Morgan fingerprint density at radius 1 is 1.29 bits per heavy atom. The zero-order chi connectivity index (χ0) is 10.4. The molecule has 2 nitrogen and oxygen atoms in total. The first kappa shape index (κ1) is 11.1. The Bertz CT molecular complexity index is 250. The van der Waals surface area contributed by atoms with Crippen LogP contribution in [-0.2, 0) is 4.74 Å². The van der Waals surface area contributed by atoms with Crippen LogP contribution in [-0.4, -0.2) is 19.8 Å². The van der Waals surface area contributed by atoms with Crippen molar-refractivity contribution in [2.24, 2.45) is 0 Å². The molecule has 1 aromatic rings. The summed E-state index contributed by atoms with van der Waals surface area (Å²) in [7, 11) is 1.63. The zero-order valence-electron chi connectivity index (χ0n) is 8.69. The predicted molar refractivity (Wildman–Crippen MR) is 56.4 cm³/mol. The molecule has 0 bridgehead atoms. The molecule has 1 atom stereocenters. The molecule has 0 heterocycles. The van der Waals surface area contributed by atoms with Crippen LogP contribution in [0.25, 0.3) is 0 Å². The van der Waals surface area contributed by atoms with Crippen LogP contribution in [0.4, 0.5) is 0 Å². The van der Waals surface area contributed by atoms with Gasteiger partial charge in [0.25, 0.3) is 0 Å². The molecule has 0 saturated carbocycles. The van der Waals surface area contributed by atoms with Gasteiger partial charge < -0.3 is 9.47 Å². The van der Waals surface area contributed by atoms with E-state index < -0.39 is 0 Å². The summed E-state index contributed by atoms with van der Waals surface area (Å²) in [6, 6.07) is 7.91. The molecule has 0 amide bonds. The molecule has 0 spiro atoms. The number of methoxy groups -OCH3 is 1. The number of hydrogen-bond donors (Lipinski definition) is 0. The van der Waals surface area contributed by atoms with Crippen molar-refractivity contribution in [2.45, 2.75) is 19.4 Å². The first-order valence-electron chi connectivity index (χ1n) is 4.68. The van der Waals surface area contributed by atoms with Gasteiger partial charge >= 0.3 is 0 Å². The first-order valence-corrected chi connectivity index (χ1v) is 4.68. The predicted octanol–water partition coefficient (Wildman–Crippen LogP) is 2.49. The van der Waals surface area contributed by atoms with Gasteiger partial charge in [-0.05, 0) is 32.4 Å². The van der Waals surface area contributed by atoms with Crippen molar-refractivity contribution >= 4 is 0 Å². The van der Waals surface area contributed by atoms with Gasteiger partial charge in [-0.3, -0.25) is 0 Å². The van der Waals surface area contributed by atoms with E-state index in [1.54, 1.807) is 7.11 Å². The molecular weight excluding hydrogens is 176 g/mol. The first-order chi connectivity index (χ1) is 6.76. The van der Waals surface area contributed by atoms with Crippen LogP contribution in [0.15, 0.2) is 24.3 Å². The summed E-state index contributed by atoms with van der Waals surface area (Å²) in [6.07, 6.45) is 0.443. The fourth-order valence-electron chi connectivity index (χ4n) is 1.06. The summed E-state index contributed by atoms with van der Waals surface area (Å²) < 4.78 is 10.6. The van der Waals surface area contributed by atoms with Crippen molar-refractivity contribution in [2.75, 3.05) is 13.7 Å². The summed E-state index contributed by atoms with van der Waals surface area (Å²) in [5, 5.41) is 0. The molecule has 76 valence electrons. The van der Waals surface area contributed by atoms with Gasteiger partial charge in [0.1, 0.15) is 12.4 Å². The summed E-state index contributed by atoms with van der Waals surface area (Å²) in [4.78, 5) is 0. The summed E-state index contributed by atoms with van der Waals surface area (Å²) in [5.74, 6) is 0.853. The molecule has 1 unspecified atom stereocenters. The van der Waals surface area contributed by atoms with Gasteiger partial charge in [0.05, 0.1) is 6.10 Å². The highest BCUT2D eigenvalue weighted by molar-refractivity contribution is 5.26. The van der Waals surface area contributed by atoms with E-state index >= 15 is 0 Å². The molecule has 1 rings (SSSR count). The van der Waals surface area contributed by atoms with Crippen LogP contribution in [0, 0.1) is 13.8 Å². The number of aryl methyl sites for hydroxylation is 1. The van der Waals surface area contributed by atoms with Crippen LogP contribution >= 0.6 is 0 Å². The molecule has 2 heteroatoms. The zero-order valence-corrected chi connectivity index (χ0v) is 8.69. The lowest BCUT2D eigenvalue weighted by Crippen LogP contribution is -2.19. The molecule has 0 fully saturated rings. The Kier molecular flexibility index (Phi) is 4.47. The van der Waals surface area contributed by atoms with E-state index in [9.17, 15) is 0 Å². The monoisotopic (exact) mass is 192 g/mol. The van der Waals surface area contributed by atoms with Gasteiger partial charge in [0, 0.05) is 7.11 Å². The van der Waals surface area contributed by atoms with Gasteiger partial charge in [-0.1, -0.05) is 17.7 Å². The van der Waals surface area contributed by atoms with Crippen LogP contribution in [0.5, 0.6) is 5.75 Å². The molecule has 14 heavy (non-hydrogen) atoms. The fraction of sp³-hybridized carbons (Fsp3) is 0.417. The normalized spacial score (nSPS) is 12.5. The standard InChI is InChI=1S/C12H16O2/c1-4-11(13-3)9-14-12-7-5-10(2)6-8-12/h1,5-8,11H,4,9H2,2-3H3.